The van der Waals surface area contributed by atoms with Gasteiger partial charge in [-0.2, -0.15) is 0 Å². The van der Waals surface area contributed by atoms with Gasteiger partial charge in [0, 0.05) is 32.8 Å². The second-order valence-corrected chi connectivity index (χ2v) is 7.07. The maximum Gasteiger partial charge on any atom is 0.191 e. The predicted octanol–water partition coefficient (Wildman–Crippen LogP) is 3.34. The predicted molar refractivity (Wildman–Crippen MR) is 119 cm³/mol. The number of likely N-dealkylation sites (tertiary alicyclic amines) is 1. The highest BCUT2D eigenvalue weighted by Gasteiger charge is 2.18. The summed E-state index contributed by atoms with van der Waals surface area (Å²) in [6.45, 7) is 18.0. The molecule has 150 valence electrons. The molecule has 0 bridgehead atoms. The lowest BCUT2D eigenvalue weighted by Gasteiger charge is -2.31. The first-order valence-corrected chi connectivity index (χ1v) is 9.96. The highest BCUT2D eigenvalue weighted by Crippen LogP contribution is 2.16. The van der Waals surface area contributed by atoms with Gasteiger partial charge in [-0.3, -0.25) is 4.99 Å². The molecule has 0 saturated carbocycles. The summed E-state index contributed by atoms with van der Waals surface area (Å²) in [4.78, 5) is 7.36. The second kappa shape index (κ2) is 15.0. The van der Waals surface area contributed by atoms with Gasteiger partial charge < -0.3 is 20.3 Å². The molecule has 5 nitrogen and oxygen atoms in total. The fourth-order valence-corrected chi connectivity index (χ4v) is 3.31. The van der Waals surface area contributed by atoms with E-state index in [2.05, 4.69) is 50.2 Å². The van der Waals surface area contributed by atoms with Crippen LogP contribution in [-0.4, -0.2) is 62.8 Å². The van der Waals surface area contributed by atoms with Crippen LogP contribution in [0.1, 0.15) is 53.9 Å². The van der Waals surface area contributed by atoms with Crippen LogP contribution in [0.2, 0.25) is 0 Å². The molecule has 0 aliphatic carbocycles. The summed E-state index contributed by atoms with van der Waals surface area (Å²) >= 11 is 0. The third kappa shape index (κ3) is 10.6. The Balaban J connectivity index is 0.00000576. The zero-order valence-corrected chi connectivity index (χ0v) is 19.3. The van der Waals surface area contributed by atoms with Crippen molar-refractivity contribution in [3.63, 3.8) is 0 Å². The van der Waals surface area contributed by atoms with Crippen molar-refractivity contribution in [3.05, 3.63) is 0 Å². The molecular formula is C19H41IN4O. The number of aliphatic imine (C=N–C) groups is 1. The quantitative estimate of drug-likeness (QED) is 0.293. The summed E-state index contributed by atoms with van der Waals surface area (Å²) in [5.41, 5.74) is 0. The highest BCUT2D eigenvalue weighted by molar-refractivity contribution is 14.0. The molecule has 2 N–H and O–H groups in total. The Morgan fingerprint density at radius 3 is 2.60 bits per heavy atom. The molecule has 1 aliphatic rings. The minimum Gasteiger partial charge on any atom is -0.378 e. The maximum absolute atomic E-state index is 5.82. The zero-order valence-electron chi connectivity index (χ0n) is 17.0. The Morgan fingerprint density at radius 2 is 2.00 bits per heavy atom. The van der Waals surface area contributed by atoms with E-state index in [4.69, 9.17) is 9.73 Å². The molecule has 1 saturated heterocycles. The van der Waals surface area contributed by atoms with Crippen molar-refractivity contribution in [1.82, 2.24) is 15.5 Å². The van der Waals surface area contributed by atoms with Gasteiger partial charge in [0.2, 0.25) is 0 Å². The Bertz CT molecular complexity index is 352. The van der Waals surface area contributed by atoms with Gasteiger partial charge in [0.15, 0.2) is 5.96 Å². The van der Waals surface area contributed by atoms with Crippen molar-refractivity contribution in [2.75, 3.05) is 45.9 Å². The topological polar surface area (TPSA) is 48.9 Å². The average molecular weight is 468 g/mol. The third-order valence-electron chi connectivity index (χ3n) is 4.75. The average Bonchev–Trinajstić information content (AvgIpc) is 2.58. The van der Waals surface area contributed by atoms with Gasteiger partial charge in [-0.05, 0) is 58.0 Å². The first-order chi connectivity index (χ1) is 11.6. The smallest absolute Gasteiger partial charge is 0.191 e. The molecule has 0 aromatic heterocycles. The van der Waals surface area contributed by atoms with E-state index in [1.54, 1.807) is 0 Å². The molecule has 0 amide bonds. The molecule has 2 unspecified atom stereocenters. The molecule has 0 aromatic rings. The minimum atomic E-state index is 0. The number of piperidine rings is 1. The SMILES string of the molecule is CCNC(=NCC1CCCN(CC)C1)NCCC(OCC)C(C)C.I. The number of halogens is 1. The lowest BCUT2D eigenvalue weighted by atomic mass is 9.98. The Labute approximate surface area is 172 Å². The van der Waals surface area contributed by atoms with E-state index >= 15 is 0 Å². The summed E-state index contributed by atoms with van der Waals surface area (Å²) in [7, 11) is 0. The molecule has 1 fully saturated rings. The van der Waals surface area contributed by atoms with E-state index < -0.39 is 0 Å². The van der Waals surface area contributed by atoms with Crippen molar-refractivity contribution < 1.29 is 4.74 Å². The van der Waals surface area contributed by atoms with Gasteiger partial charge in [0.05, 0.1) is 6.10 Å². The van der Waals surface area contributed by atoms with Gasteiger partial charge in [-0.25, -0.2) is 0 Å². The summed E-state index contributed by atoms with van der Waals surface area (Å²) in [6, 6.07) is 0. The molecule has 25 heavy (non-hydrogen) atoms. The molecule has 2 atom stereocenters. The van der Waals surface area contributed by atoms with Crippen LogP contribution >= 0.6 is 24.0 Å². The largest absolute Gasteiger partial charge is 0.378 e. The molecule has 1 heterocycles. The van der Waals surface area contributed by atoms with Crippen LogP contribution in [0.5, 0.6) is 0 Å². The normalized spacial score (nSPS) is 20.2. The molecule has 6 heteroatoms. The number of rotatable bonds is 10. The number of hydrogen-bond donors (Lipinski definition) is 2. The number of ether oxygens (including phenoxy) is 1. The van der Waals surface area contributed by atoms with E-state index in [0.717, 1.165) is 45.2 Å². The van der Waals surface area contributed by atoms with Crippen LogP contribution in [0.25, 0.3) is 0 Å². The summed E-state index contributed by atoms with van der Waals surface area (Å²) in [6.07, 6.45) is 3.95. The summed E-state index contributed by atoms with van der Waals surface area (Å²) < 4.78 is 5.82. The first-order valence-electron chi connectivity index (χ1n) is 9.96. The van der Waals surface area contributed by atoms with E-state index in [9.17, 15) is 0 Å². The summed E-state index contributed by atoms with van der Waals surface area (Å²) in [5.74, 6) is 2.19. The van der Waals surface area contributed by atoms with Gasteiger partial charge in [-0.15, -0.1) is 24.0 Å². The van der Waals surface area contributed by atoms with Gasteiger partial charge in [-0.1, -0.05) is 20.8 Å². The van der Waals surface area contributed by atoms with Crippen molar-refractivity contribution in [3.8, 4) is 0 Å². The van der Waals surface area contributed by atoms with Gasteiger partial charge in [0.1, 0.15) is 0 Å². The lowest BCUT2D eigenvalue weighted by Crippen LogP contribution is -2.40. The fourth-order valence-electron chi connectivity index (χ4n) is 3.31. The molecule has 1 aliphatic heterocycles. The van der Waals surface area contributed by atoms with Crippen molar-refractivity contribution >= 4 is 29.9 Å². The van der Waals surface area contributed by atoms with Crippen molar-refractivity contribution in [2.45, 2.75) is 60.0 Å². The Kier molecular flexibility index (Phi) is 15.0. The Morgan fingerprint density at radius 1 is 1.24 bits per heavy atom. The second-order valence-electron chi connectivity index (χ2n) is 7.07. The van der Waals surface area contributed by atoms with Gasteiger partial charge >= 0.3 is 0 Å². The molecule has 0 radical (unpaired) electrons. The van der Waals surface area contributed by atoms with Crippen LogP contribution in [0, 0.1) is 11.8 Å². The number of guanidine groups is 1. The van der Waals surface area contributed by atoms with E-state index in [-0.39, 0.29) is 24.0 Å². The van der Waals surface area contributed by atoms with Gasteiger partial charge in [0.25, 0.3) is 0 Å². The van der Waals surface area contributed by atoms with Crippen LogP contribution in [-0.2, 0) is 4.74 Å². The van der Waals surface area contributed by atoms with Crippen LogP contribution in [0.4, 0.5) is 0 Å². The standard InChI is InChI=1S/C19H40N4O.HI/c1-6-20-19(21-12-11-18(16(4)5)24-8-3)22-14-17-10-9-13-23(7-2)15-17;/h16-18H,6-15H2,1-5H3,(H2,20,21,22);1H. The number of nitrogens with zero attached hydrogens (tertiary/aromatic N) is 2. The van der Waals surface area contributed by atoms with E-state index in [1.165, 1.54) is 25.9 Å². The summed E-state index contributed by atoms with van der Waals surface area (Å²) in [5, 5.41) is 6.84. The Hall–Kier alpha value is -0.0800. The maximum atomic E-state index is 5.82. The fraction of sp³-hybridized carbons (Fsp3) is 0.947. The number of hydrogen-bond acceptors (Lipinski definition) is 3. The van der Waals surface area contributed by atoms with Crippen molar-refractivity contribution in [1.29, 1.82) is 0 Å². The monoisotopic (exact) mass is 468 g/mol. The zero-order chi connectivity index (χ0) is 17.8. The lowest BCUT2D eigenvalue weighted by molar-refractivity contribution is 0.0258. The van der Waals surface area contributed by atoms with Crippen LogP contribution < -0.4 is 10.6 Å². The van der Waals surface area contributed by atoms with Crippen molar-refractivity contribution in [2.24, 2.45) is 16.8 Å². The minimum absolute atomic E-state index is 0. The number of nitrogens with one attached hydrogen (secondary N) is 2. The molecular weight excluding hydrogens is 427 g/mol. The molecule has 1 rings (SSSR count). The molecule has 0 aromatic carbocycles. The van der Waals surface area contributed by atoms with E-state index in [1.807, 2.05) is 0 Å². The highest BCUT2D eigenvalue weighted by atomic mass is 127. The first kappa shape index (κ1) is 24.9. The van der Waals surface area contributed by atoms with Crippen LogP contribution in [0.3, 0.4) is 0 Å². The molecule has 0 spiro atoms. The van der Waals surface area contributed by atoms with Crippen LogP contribution in [0.15, 0.2) is 4.99 Å². The van der Waals surface area contributed by atoms with E-state index in [0.29, 0.717) is 17.9 Å². The third-order valence-corrected chi connectivity index (χ3v) is 4.75.